The lowest BCUT2D eigenvalue weighted by molar-refractivity contribution is -0.657. The van der Waals surface area contributed by atoms with E-state index in [1.165, 1.54) is 56.5 Å². The Bertz CT molecular complexity index is 1480. The van der Waals surface area contributed by atoms with Gasteiger partial charge in [-0.05, 0) is 72.2 Å². The molecular weight excluding hydrogens is 451 g/mol. The van der Waals surface area contributed by atoms with E-state index in [2.05, 4.69) is 147 Å². The lowest BCUT2D eigenvalue weighted by Gasteiger charge is -2.32. The first-order valence-electron chi connectivity index (χ1n) is 13.5. The predicted octanol–water partition coefficient (Wildman–Crippen LogP) is 7.80. The highest BCUT2D eigenvalue weighted by molar-refractivity contribution is 6.80. The molecule has 6 rings (SSSR count). The molecule has 0 N–H and O–H groups in total. The molecule has 0 amide bonds. The van der Waals surface area contributed by atoms with Gasteiger partial charge in [0.05, 0.1) is 24.6 Å². The van der Waals surface area contributed by atoms with Gasteiger partial charge in [-0.3, -0.25) is 0 Å². The Balaban J connectivity index is 1.72. The van der Waals surface area contributed by atoms with Crippen LogP contribution in [0.3, 0.4) is 0 Å². The second-order valence-electron chi connectivity index (χ2n) is 11.1. The largest absolute Gasteiger partial charge is 0.644 e. The highest BCUT2D eigenvalue weighted by Crippen LogP contribution is 2.57. The quantitative estimate of drug-likeness (QED) is 0.215. The summed E-state index contributed by atoms with van der Waals surface area (Å²) in [6.07, 6.45) is 2.19. The maximum atomic E-state index is 2.62. The van der Waals surface area contributed by atoms with E-state index in [0.717, 1.165) is 0 Å². The molecule has 1 aromatic heterocycles. The van der Waals surface area contributed by atoms with Gasteiger partial charge in [-0.15, -0.1) is 0 Å². The molecule has 0 bridgehead atoms. The van der Waals surface area contributed by atoms with Crippen LogP contribution in [0, 0.1) is 13.8 Å². The van der Waals surface area contributed by atoms with Crippen molar-refractivity contribution in [2.45, 2.75) is 53.4 Å². The van der Waals surface area contributed by atoms with Gasteiger partial charge in [0.25, 0.3) is 5.82 Å². The summed E-state index contributed by atoms with van der Waals surface area (Å²) in [7, 11) is 2.13. The van der Waals surface area contributed by atoms with E-state index in [9.17, 15) is 0 Å². The number of anilines is 6. The highest BCUT2D eigenvalue weighted by Gasteiger charge is 2.62. The molecule has 186 valence electrons. The van der Waals surface area contributed by atoms with E-state index in [4.69, 9.17) is 0 Å². The SMILES string of the molecule is Cc1ccccc1N1B2N(c3c(C(C)C)cccc3C(C)C)c3ccccc3N2c2c(C)cc[n+](C)c21. The number of para-hydroxylation sites is 4. The summed E-state index contributed by atoms with van der Waals surface area (Å²) >= 11 is 0. The number of aromatic nitrogens is 1. The first-order valence-corrected chi connectivity index (χ1v) is 13.5. The molecule has 4 aromatic rings. The number of rotatable bonds is 4. The molecule has 0 saturated carbocycles. The summed E-state index contributed by atoms with van der Waals surface area (Å²) < 4.78 is 2.28. The summed E-state index contributed by atoms with van der Waals surface area (Å²) in [5.74, 6) is 2.04. The van der Waals surface area contributed by atoms with Crippen LogP contribution < -0.4 is 19.0 Å². The highest BCUT2D eigenvalue weighted by atomic mass is 15.5. The normalized spacial score (nSPS) is 14.1. The fourth-order valence-corrected chi connectivity index (χ4v) is 6.21. The van der Waals surface area contributed by atoms with E-state index >= 15 is 0 Å². The first-order chi connectivity index (χ1) is 17.8. The fourth-order valence-electron chi connectivity index (χ4n) is 6.21. The van der Waals surface area contributed by atoms with Gasteiger partial charge in [0.1, 0.15) is 11.4 Å². The van der Waals surface area contributed by atoms with Gasteiger partial charge < -0.3 is 9.62 Å². The van der Waals surface area contributed by atoms with Gasteiger partial charge in [0.2, 0.25) is 0 Å². The zero-order chi connectivity index (χ0) is 26.0. The second-order valence-corrected chi connectivity index (χ2v) is 11.1. The van der Waals surface area contributed by atoms with Crippen molar-refractivity contribution >= 4 is 41.4 Å². The second kappa shape index (κ2) is 8.69. The minimum atomic E-state index is -0.0433. The predicted molar refractivity (Wildman–Crippen MR) is 157 cm³/mol. The van der Waals surface area contributed by atoms with Crippen LogP contribution in [-0.2, 0) is 7.05 Å². The number of nitrogens with zero attached hydrogens (tertiary/aromatic N) is 4. The molecule has 5 heteroatoms. The van der Waals surface area contributed by atoms with E-state index in [0.29, 0.717) is 11.8 Å². The number of hydrogen-bond donors (Lipinski definition) is 0. The maximum Gasteiger partial charge on any atom is 0.644 e. The standard InChI is InChI=1S/C32H36BN4/c1-21(2)25-14-12-15-26(22(3)4)31(25)36-29-18-11-10-17-28(29)35-30-24(6)19-20-34(7)32(30)37(33(35)36)27-16-9-8-13-23(27)5/h8-22H,1-7H3/q+1. The molecule has 0 aliphatic carbocycles. The number of hydrogen-bond acceptors (Lipinski definition) is 3. The third kappa shape index (κ3) is 3.40. The van der Waals surface area contributed by atoms with Crippen LogP contribution in [0.2, 0.25) is 0 Å². The minimum absolute atomic E-state index is 0.0433. The minimum Gasteiger partial charge on any atom is -0.320 e. The Morgan fingerprint density at radius 1 is 0.595 bits per heavy atom. The third-order valence-electron chi connectivity index (χ3n) is 7.99. The van der Waals surface area contributed by atoms with Crippen LogP contribution in [0.15, 0.2) is 79.0 Å². The molecule has 3 heterocycles. The Kier molecular flexibility index (Phi) is 5.56. The monoisotopic (exact) mass is 487 g/mol. The Labute approximate surface area is 221 Å². The van der Waals surface area contributed by atoms with Gasteiger partial charge >= 0.3 is 7.12 Å². The van der Waals surface area contributed by atoms with Crippen molar-refractivity contribution in [3.63, 3.8) is 0 Å². The lowest BCUT2D eigenvalue weighted by atomic mass is 9.82. The van der Waals surface area contributed by atoms with Crippen molar-refractivity contribution in [3.8, 4) is 0 Å². The van der Waals surface area contributed by atoms with E-state index < -0.39 is 0 Å². The van der Waals surface area contributed by atoms with Gasteiger partial charge in [-0.2, -0.15) is 0 Å². The zero-order valence-corrected chi connectivity index (χ0v) is 23.0. The van der Waals surface area contributed by atoms with E-state index in [-0.39, 0.29) is 7.12 Å². The van der Waals surface area contributed by atoms with E-state index in [1.54, 1.807) is 0 Å². The number of fused-ring (bicyclic) bond motifs is 5. The topological polar surface area (TPSA) is 13.6 Å². The smallest absolute Gasteiger partial charge is 0.320 e. The summed E-state index contributed by atoms with van der Waals surface area (Å²) in [5, 5.41) is 0. The molecule has 0 unspecified atom stereocenters. The van der Waals surface area contributed by atoms with Gasteiger partial charge in [0, 0.05) is 5.69 Å². The number of aryl methyl sites for hydroxylation is 3. The molecule has 4 nitrogen and oxygen atoms in total. The van der Waals surface area contributed by atoms with Crippen LogP contribution in [0.25, 0.3) is 0 Å². The van der Waals surface area contributed by atoms with Crippen molar-refractivity contribution in [3.05, 3.63) is 101 Å². The zero-order valence-electron chi connectivity index (χ0n) is 23.0. The Morgan fingerprint density at radius 3 is 1.70 bits per heavy atom. The summed E-state index contributed by atoms with van der Waals surface area (Å²) in [6, 6.07) is 26.8. The average Bonchev–Trinajstić information content (AvgIpc) is 3.39. The summed E-state index contributed by atoms with van der Waals surface area (Å²) in [4.78, 5) is 7.73. The fraction of sp³-hybridized carbons (Fsp3) is 0.281. The lowest BCUT2D eigenvalue weighted by Crippen LogP contribution is -2.53. The summed E-state index contributed by atoms with van der Waals surface area (Å²) in [6.45, 7) is 13.7. The number of pyridine rings is 1. The Morgan fingerprint density at radius 2 is 1.14 bits per heavy atom. The van der Waals surface area contributed by atoms with Crippen LogP contribution in [0.4, 0.5) is 34.3 Å². The molecule has 0 radical (unpaired) electrons. The third-order valence-corrected chi connectivity index (χ3v) is 7.99. The van der Waals surface area contributed by atoms with Crippen LogP contribution >= 0.6 is 0 Å². The van der Waals surface area contributed by atoms with Crippen molar-refractivity contribution < 1.29 is 4.57 Å². The molecular formula is C32H36BN4+. The molecule has 0 fully saturated rings. The van der Waals surface area contributed by atoms with Crippen LogP contribution in [0.5, 0.6) is 0 Å². The first kappa shape index (κ1) is 23.7. The average molecular weight is 487 g/mol. The van der Waals surface area contributed by atoms with Crippen molar-refractivity contribution in [2.24, 2.45) is 7.05 Å². The van der Waals surface area contributed by atoms with E-state index in [1.807, 2.05) is 0 Å². The van der Waals surface area contributed by atoms with Crippen LogP contribution in [-0.4, -0.2) is 7.12 Å². The van der Waals surface area contributed by atoms with Crippen molar-refractivity contribution in [1.29, 1.82) is 0 Å². The Hall–Kier alpha value is -3.73. The molecule has 0 atom stereocenters. The molecule has 37 heavy (non-hydrogen) atoms. The van der Waals surface area contributed by atoms with Crippen molar-refractivity contribution in [1.82, 2.24) is 0 Å². The molecule has 2 aliphatic heterocycles. The summed E-state index contributed by atoms with van der Waals surface area (Å²) in [5.41, 5.74) is 11.7. The number of benzene rings is 3. The molecule has 0 spiro atoms. The van der Waals surface area contributed by atoms with Crippen molar-refractivity contribution in [2.75, 3.05) is 14.4 Å². The van der Waals surface area contributed by atoms with Gasteiger partial charge in [-0.1, -0.05) is 76.2 Å². The van der Waals surface area contributed by atoms with Gasteiger partial charge in [0.15, 0.2) is 0 Å². The molecule has 0 saturated heterocycles. The molecule has 3 aromatic carbocycles. The van der Waals surface area contributed by atoms with Crippen LogP contribution in [0.1, 0.15) is 61.8 Å². The maximum absolute atomic E-state index is 2.62. The van der Waals surface area contributed by atoms with Gasteiger partial charge in [-0.25, -0.2) is 9.38 Å². The molecule has 2 aliphatic rings.